The van der Waals surface area contributed by atoms with E-state index in [-0.39, 0.29) is 0 Å². The molecule has 0 amide bonds. The molecule has 3 rings (SSSR count). The molecule has 2 fully saturated rings. The predicted molar refractivity (Wildman–Crippen MR) is 93.4 cm³/mol. The summed E-state index contributed by atoms with van der Waals surface area (Å²) < 4.78 is 0. The summed E-state index contributed by atoms with van der Waals surface area (Å²) >= 11 is 0. The number of nitrogens with zero attached hydrogens (tertiary/aromatic N) is 3. The quantitative estimate of drug-likeness (QED) is 0.821. The Hall–Kier alpha value is -1.09. The van der Waals surface area contributed by atoms with Crippen LogP contribution in [0.3, 0.4) is 0 Å². The van der Waals surface area contributed by atoms with E-state index in [1.165, 1.54) is 88.9 Å². The molecule has 0 saturated carbocycles. The van der Waals surface area contributed by atoms with Crippen molar-refractivity contribution in [2.24, 2.45) is 0 Å². The van der Waals surface area contributed by atoms with Crippen LogP contribution in [0.25, 0.3) is 0 Å². The maximum atomic E-state index is 4.81. The molecule has 0 aromatic carbocycles. The van der Waals surface area contributed by atoms with Crippen LogP contribution in [0.2, 0.25) is 0 Å². The second-order valence-electron chi connectivity index (χ2n) is 6.87. The molecule has 1 aromatic heterocycles. The number of likely N-dealkylation sites (tertiary alicyclic amines) is 1. The largest absolute Gasteiger partial charge is 0.356 e. The first-order chi connectivity index (χ1) is 10.9. The lowest BCUT2D eigenvalue weighted by atomic mass is 9.95. The highest BCUT2D eigenvalue weighted by Gasteiger charge is 2.27. The minimum atomic E-state index is 0.584. The second kappa shape index (κ2) is 7.96. The molecule has 1 aromatic rings. The van der Waals surface area contributed by atoms with Gasteiger partial charge in [0, 0.05) is 30.9 Å². The molecular weight excluding hydrogens is 270 g/mol. The molecular formula is C19H31N3. The molecule has 0 aliphatic carbocycles. The van der Waals surface area contributed by atoms with Crippen molar-refractivity contribution in [1.82, 2.24) is 9.88 Å². The second-order valence-corrected chi connectivity index (χ2v) is 6.87. The maximum absolute atomic E-state index is 4.81. The molecule has 0 bridgehead atoms. The van der Waals surface area contributed by atoms with Gasteiger partial charge in [-0.15, -0.1) is 0 Å². The van der Waals surface area contributed by atoms with E-state index < -0.39 is 0 Å². The molecule has 122 valence electrons. The molecule has 0 spiro atoms. The standard InChI is InChI=1S/C19H31N3/c1-2-13-21-14-8-5-11-18(21)17-10-9-12-20-19(17)22-15-6-3-4-7-16-22/h9-10,12,18H,2-8,11,13-16H2,1H3/t18-/m1/s1. The number of piperidine rings is 1. The van der Waals surface area contributed by atoms with Crippen LogP contribution in [-0.2, 0) is 0 Å². The SMILES string of the molecule is CCCN1CCCC[C@@H]1c1cccnc1N1CCCCCC1. The average molecular weight is 301 g/mol. The molecule has 2 aliphatic rings. The van der Waals surface area contributed by atoms with Crippen LogP contribution in [0, 0.1) is 0 Å². The number of rotatable bonds is 4. The van der Waals surface area contributed by atoms with E-state index >= 15 is 0 Å². The van der Waals surface area contributed by atoms with Gasteiger partial charge in [-0.2, -0.15) is 0 Å². The lowest BCUT2D eigenvalue weighted by molar-refractivity contribution is 0.149. The van der Waals surface area contributed by atoms with Crippen LogP contribution < -0.4 is 4.90 Å². The van der Waals surface area contributed by atoms with E-state index in [2.05, 4.69) is 28.9 Å². The van der Waals surface area contributed by atoms with Gasteiger partial charge in [-0.05, 0) is 51.3 Å². The first-order valence-electron chi connectivity index (χ1n) is 9.34. The van der Waals surface area contributed by atoms with E-state index in [9.17, 15) is 0 Å². The maximum Gasteiger partial charge on any atom is 0.133 e. The molecule has 3 nitrogen and oxygen atoms in total. The van der Waals surface area contributed by atoms with Gasteiger partial charge in [-0.1, -0.05) is 32.3 Å². The number of aromatic nitrogens is 1. The molecule has 2 aliphatic heterocycles. The number of hydrogen-bond acceptors (Lipinski definition) is 3. The van der Waals surface area contributed by atoms with Crippen molar-refractivity contribution in [3.05, 3.63) is 23.9 Å². The highest BCUT2D eigenvalue weighted by molar-refractivity contribution is 5.48. The van der Waals surface area contributed by atoms with Crippen LogP contribution in [-0.4, -0.2) is 36.1 Å². The predicted octanol–water partition coefficient (Wildman–Crippen LogP) is 4.40. The Kier molecular flexibility index (Phi) is 5.71. The Bertz CT molecular complexity index is 450. The lowest BCUT2D eigenvalue weighted by Gasteiger charge is -2.37. The minimum absolute atomic E-state index is 0.584. The molecule has 0 radical (unpaired) electrons. The van der Waals surface area contributed by atoms with Crippen LogP contribution in [0.5, 0.6) is 0 Å². The van der Waals surface area contributed by atoms with Crippen molar-refractivity contribution >= 4 is 5.82 Å². The van der Waals surface area contributed by atoms with Gasteiger partial charge in [0.05, 0.1) is 0 Å². The summed E-state index contributed by atoms with van der Waals surface area (Å²) in [6.07, 6.45) is 12.6. The monoisotopic (exact) mass is 301 g/mol. The first kappa shape index (κ1) is 15.8. The third-order valence-corrected chi connectivity index (χ3v) is 5.21. The van der Waals surface area contributed by atoms with E-state index in [1.54, 1.807) is 0 Å². The Labute approximate surface area is 135 Å². The first-order valence-corrected chi connectivity index (χ1v) is 9.34. The molecule has 0 unspecified atom stereocenters. The van der Waals surface area contributed by atoms with Gasteiger partial charge >= 0.3 is 0 Å². The van der Waals surface area contributed by atoms with Gasteiger partial charge in [-0.25, -0.2) is 4.98 Å². The van der Waals surface area contributed by atoms with Gasteiger partial charge in [0.25, 0.3) is 0 Å². The molecule has 3 heterocycles. The molecule has 22 heavy (non-hydrogen) atoms. The highest BCUT2D eigenvalue weighted by atomic mass is 15.2. The van der Waals surface area contributed by atoms with Crippen molar-refractivity contribution in [1.29, 1.82) is 0 Å². The smallest absolute Gasteiger partial charge is 0.133 e. The normalized spacial score (nSPS) is 24.2. The van der Waals surface area contributed by atoms with E-state index in [0.717, 1.165) is 0 Å². The fourth-order valence-corrected chi connectivity index (χ4v) is 4.11. The summed E-state index contributed by atoms with van der Waals surface area (Å²) in [7, 11) is 0. The van der Waals surface area contributed by atoms with Crippen molar-refractivity contribution in [3.63, 3.8) is 0 Å². The van der Waals surface area contributed by atoms with Crippen molar-refractivity contribution in [2.75, 3.05) is 31.1 Å². The van der Waals surface area contributed by atoms with E-state index in [4.69, 9.17) is 4.98 Å². The Morgan fingerprint density at radius 1 is 1.05 bits per heavy atom. The zero-order chi connectivity index (χ0) is 15.2. The van der Waals surface area contributed by atoms with Crippen LogP contribution >= 0.6 is 0 Å². The van der Waals surface area contributed by atoms with Crippen molar-refractivity contribution in [3.8, 4) is 0 Å². The van der Waals surface area contributed by atoms with Crippen LogP contribution in [0.1, 0.15) is 69.9 Å². The van der Waals surface area contributed by atoms with Crippen LogP contribution in [0.4, 0.5) is 5.82 Å². The summed E-state index contributed by atoms with van der Waals surface area (Å²) in [4.78, 5) is 10.1. The number of pyridine rings is 1. The zero-order valence-electron chi connectivity index (χ0n) is 14.1. The minimum Gasteiger partial charge on any atom is -0.356 e. The average Bonchev–Trinajstić information content (AvgIpc) is 2.85. The third kappa shape index (κ3) is 3.62. The van der Waals surface area contributed by atoms with Gasteiger partial charge in [0.2, 0.25) is 0 Å². The lowest BCUT2D eigenvalue weighted by Crippen LogP contribution is -2.36. The van der Waals surface area contributed by atoms with E-state index in [0.29, 0.717) is 6.04 Å². The number of anilines is 1. The summed E-state index contributed by atoms with van der Waals surface area (Å²) in [6.45, 7) is 7.14. The fourth-order valence-electron chi connectivity index (χ4n) is 4.11. The Morgan fingerprint density at radius 3 is 2.59 bits per heavy atom. The van der Waals surface area contributed by atoms with E-state index in [1.807, 2.05) is 6.20 Å². The molecule has 0 N–H and O–H groups in total. The fraction of sp³-hybridized carbons (Fsp3) is 0.737. The Balaban J connectivity index is 1.85. The van der Waals surface area contributed by atoms with Crippen molar-refractivity contribution in [2.45, 2.75) is 64.3 Å². The number of hydrogen-bond donors (Lipinski definition) is 0. The molecule has 3 heteroatoms. The Morgan fingerprint density at radius 2 is 1.82 bits per heavy atom. The summed E-state index contributed by atoms with van der Waals surface area (Å²) in [5.74, 6) is 1.28. The van der Waals surface area contributed by atoms with Gasteiger partial charge < -0.3 is 4.90 Å². The zero-order valence-corrected chi connectivity index (χ0v) is 14.1. The molecule has 2 saturated heterocycles. The van der Waals surface area contributed by atoms with Gasteiger partial charge in [-0.3, -0.25) is 4.90 Å². The summed E-state index contributed by atoms with van der Waals surface area (Å²) in [5.41, 5.74) is 1.48. The van der Waals surface area contributed by atoms with Gasteiger partial charge in [0.1, 0.15) is 5.82 Å². The van der Waals surface area contributed by atoms with Crippen LogP contribution in [0.15, 0.2) is 18.3 Å². The topological polar surface area (TPSA) is 19.4 Å². The molecule has 1 atom stereocenters. The highest BCUT2D eigenvalue weighted by Crippen LogP contribution is 2.36. The summed E-state index contributed by atoms with van der Waals surface area (Å²) in [6, 6.07) is 5.06. The van der Waals surface area contributed by atoms with Gasteiger partial charge in [0.15, 0.2) is 0 Å². The third-order valence-electron chi connectivity index (χ3n) is 5.21. The van der Waals surface area contributed by atoms with Crippen molar-refractivity contribution < 1.29 is 0 Å². The summed E-state index contributed by atoms with van der Waals surface area (Å²) in [5, 5.41) is 0.